The van der Waals surface area contributed by atoms with E-state index in [9.17, 15) is 35.9 Å². The smallest absolute Gasteiger partial charge is 0.418 e. The topological polar surface area (TPSA) is 89.4 Å². The molecule has 2 aromatic heterocycles. The number of amides is 2. The third-order valence-corrected chi connectivity index (χ3v) is 6.94. The molecule has 0 aliphatic carbocycles. The second-order valence-electron chi connectivity index (χ2n) is 10.1. The number of halogens is 6. The maximum Gasteiger partial charge on any atom is 0.418 e. The highest BCUT2D eigenvalue weighted by Crippen LogP contribution is 2.40. The number of nitrogens with one attached hydrogen (secondary N) is 1. The lowest BCUT2D eigenvalue weighted by Gasteiger charge is -2.32. The van der Waals surface area contributed by atoms with Crippen LogP contribution in [0.4, 0.5) is 26.3 Å². The monoisotopic (exact) mass is 599 g/mol. The van der Waals surface area contributed by atoms with Crippen molar-refractivity contribution in [3.8, 4) is 5.75 Å². The van der Waals surface area contributed by atoms with Crippen LogP contribution in [0.2, 0.25) is 0 Å². The highest BCUT2D eigenvalue weighted by Gasteiger charge is 2.43. The van der Waals surface area contributed by atoms with Gasteiger partial charge in [-0.05, 0) is 48.0 Å². The van der Waals surface area contributed by atoms with E-state index in [2.05, 4.69) is 15.4 Å². The Balaban J connectivity index is 1.72. The zero-order valence-electron chi connectivity index (χ0n) is 22.8. The van der Waals surface area contributed by atoms with Gasteiger partial charge in [0, 0.05) is 26.0 Å². The van der Waals surface area contributed by atoms with Crippen molar-refractivity contribution in [2.75, 3.05) is 6.54 Å². The normalized spacial score (nSPS) is 17.6. The number of likely N-dealkylation sites (tertiary alicyclic amines) is 1. The number of ether oxygens (including phenoxy) is 1. The lowest BCUT2D eigenvalue weighted by Crippen LogP contribution is -2.42. The zero-order valence-corrected chi connectivity index (χ0v) is 22.8. The van der Waals surface area contributed by atoms with E-state index in [-0.39, 0.29) is 36.7 Å². The number of benzene rings is 1. The average molecular weight is 599 g/mol. The van der Waals surface area contributed by atoms with Crippen LogP contribution >= 0.6 is 0 Å². The molecule has 3 aromatic rings. The van der Waals surface area contributed by atoms with Gasteiger partial charge in [0.2, 0.25) is 5.91 Å². The van der Waals surface area contributed by atoms with Gasteiger partial charge < -0.3 is 15.0 Å². The van der Waals surface area contributed by atoms with E-state index in [1.54, 1.807) is 26.1 Å². The Hall–Kier alpha value is -3.91. The maximum atomic E-state index is 13.8. The Bertz CT molecular complexity index is 1520. The number of aryl methyl sites for hydroxylation is 1. The summed E-state index contributed by atoms with van der Waals surface area (Å²) in [6.07, 6.45) is -9.40. The molecule has 0 spiro atoms. The first-order chi connectivity index (χ1) is 19.9. The SMILES string of the molecule is [B]C([B])([B])Oc1cccc(C2C(NC(=O)c3ccnn3C)CCN2C(=O)Cc2ncc(C(F)(F)F)cc2C(F)(F)F)c1C. The van der Waals surface area contributed by atoms with Crippen LogP contribution in [0.1, 0.15) is 50.9 Å². The van der Waals surface area contributed by atoms with Gasteiger partial charge in [-0.3, -0.25) is 19.3 Å². The molecule has 4 rings (SSSR count). The summed E-state index contributed by atoms with van der Waals surface area (Å²) in [5, 5.41) is 4.74. The van der Waals surface area contributed by atoms with E-state index in [0.717, 1.165) is 0 Å². The summed E-state index contributed by atoms with van der Waals surface area (Å²) in [5.41, 5.74) is -3.10. The second-order valence-corrected chi connectivity index (χ2v) is 10.1. The number of alkyl halides is 6. The van der Waals surface area contributed by atoms with Gasteiger partial charge in [-0.2, -0.15) is 31.4 Å². The average Bonchev–Trinajstić information content (AvgIpc) is 3.49. The van der Waals surface area contributed by atoms with Crippen molar-refractivity contribution in [3.63, 3.8) is 0 Å². The van der Waals surface area contributed by atoms with Crippen molar-refractivity contribution in [1.29, 1.82) is 0 Å². The molecule has 17 heteroatoms. The molecule has 1 aliphatic rings. The van der Waals surface area contributed by atoms with Crippen LogP contribution in [0.15, 0.2) is 42.7 Å². The number of pyridine rings is 1. The summed E-state index contributed by atoms with van der Waals surface area (Å²) >= 11 is 0. The molecule has 2 amide bonds. The van der Waals surface area contributed by atoms with Crippen LogP contribution in [0.25, 0.3) is 0 Å². The Morgan fingerprint density at radius 3 is 2.37 bits per heavy atom. The van der Waals surface area contributed by atoms with Gasteiger partial charge >= 0.3 is 12.4 Å². The number of hydrogen-bond acceptors (Lipinski definition) is 5. The highest BCUT2D eigenvalue weighted by molar-refractivity contribution is 6.58. The van der Waals surface area contributed by atoms with E-state index >= 15 is 0 Å². The minimum Gasteiger partial charge on any atom is -0.516 e. The van der Waals surface area contributed by atoms with Crippen molar-refractivity contribution in [2.24, 2.45) is 7.05 Å². The third-order valence-electron chi connectivity index (χ3n) is 6.94. The number of aromatic nitrogens is 3. The summed E-state index contributed by atoms with van der Waals surface area (Å²) in [6.45, 7) is 1.59. The summed E-state index contributed by atoms with van der Waals surface area (Å²) in [7, 11) is 18.3. The van der Waals surface area contributed by atoms with Crippen molar-refractivity contribution >= 4 is 35.4 Å². The lowest BCUT2D eigenvalue weighted by molar-refractivity contribution is -0.144. The molecule has 0 saturated carbocycles. The quantitative estimate of drug-likeness (QED) is 0.334. The zero-order chi connectivity index (χ0) is 31.9. The number of rotatable bonds is 7. The van der Waals surface area contributed by atoms with Gasteiger partial charge in [-0.15, -0.1) is 0 Å². The maximum absolute atomic E-state index is 13.8. The van der Waals surface area contributed by atoms with Gasteiger partial charge in [0.15, 0.2) is 0 Å². The number of carbonyl (C=O) groups excluding carboxylic acids is 2. The molecule has 43 heavy (non-hydrogen) atoms. The number of carbonyl (C=O) groups is 2. The molecule has 3 heterocycles. The van der Waals surface area contributed by atoms with Crippen molar-refractivity contribution in [2.45, 2.75) is 49.5 Å². The Morgan fingerprint density at radius 1 is 1.09 bits per heavy atom. The summed E-state index contributed by atoms with van der Waals surface area (Å²) in [4.78, 5) is 31.2. The summed E-state index contributed by atoms with van der Waals surface area (Å²) in [5.74, 6) is -1.25. The highest BCUT2D eigenvalue weighted by atomic mass is 19.4. The van der Waals surface area contributed by atoms with Crippen LogP contribution in [0.5, 0.6) is 5.75 Å². The van der Waals surface area contributed by atoms with Gasteiger partial charge in [-0.25, -0.2) is 0 Å². The molecular formula is C26H22B3F6N5O3. The molecule has 6 radical (unpaired) electrons. The minimum atomic E-state index is -5.21. The molecule has 1 aliphatic heterocycles. The van der Waals surface area contributed by atoms with Crippen molar-refractivity contribution in [1.82, 2.24) is 25.0 Å². The third kappa shape index (κ3) is 7.19. The molecular weight excluding hydrogens is 577 g/mol. The minimum absolute atomic E-state index is 0.0129. The van der Waals surface area contributed by atoms with Crippen LogP contribution in [-0.4, -0.2) is 72.9 Å². The first-order valence-electron chi connectivity index (χ1n) is 12.7. The summed E-state index contributed by atoms with van der Waals surface area (Å²) in [6, 6.07) is 4.37. The standard InChI is InChI=1S/C26H22B3F6N5O3/c1-13-15(4-3-5-20(13)43-26(27,28)29)22-17(38-23(42)19-6-8-37-39(19)2)7-9-40(22)21(41)11-18-16(25(33,34)35)10-14(12-36-18)24(30,31)32/h3-6,8,10,12,17,22H,7,9,11H2,1-2H3,(H,38,42). The number of nitrogens with zero attached hydrogens (tertiary/aromatic N) is 4. The Labute approximate surface area is 246 Å². The van der Waals surface area contributed by atoms with Crippen LogP contribution in [-0.2, 0) is 30.6 Å². The second kappa shape index (κ2) is 11.6. The molecule has 1 N–H and O–H groups in total. The van der Waals surface area contributed by atoms with E-state index in [1.165, 1.54) is 27.9 Å². The predicted octanol–water partition coefficient (Wildman–Crippen LogP) is 2.97. The van der Waals surface area contributed by atoms with Crippen LogP contribution in [0, 0.1) is 6.92 Å². The van der Waals surface area contributed by atoms with Crippen LogP contribution < -0.4 is 10.1 Å². The Morgan fingerprint density at radius 2 is 1.79 bits per heavy atom. The van der Waals surface area contributed by atoms with E-state index in [1.807, 2.05) is 0 Å². The van der Waals surface area contributed by atoms with Gasteiger partial charge in [0.1, 0.15) is 35.0 Å². The molecule has 0 bridgehead atoms. The molecule has 220 valence electrons. The Kier molecular flexibility index (Phi) is 8.67. The fourth-order valence-electron chi connectivity index (χ4n) is 4.98. The molecule has 2 atom stereocenters. The molecule has 1 fully saturated rings. The molecule has 8 nitrogen and oxygen atoms in total. The van der Waals surface area contributed by atoms with Crippen molar-refractivity contribution in [3.05, 3.63) is 76.4 Å². The van der Waals surface area contributed by atoms with Gasteiger partial charge in [0.05, 0.1) is 35.3 Å². The largest absolute Gasteiger partial charge is 0.516 e. The summed E-state index contributed by atoms with van der Waals surface area (Å²) < 4.78 is 87.4. The lowest BCUT2D eigenvalue weighted by atomic mass is 9.52. The van der Waals surface area contributed by atoms with Crippen LogP contribution in [0.3, 0.4) is 0 Å². The first kappa shape index (κ1) is 32.0. The fraction of sp³-hybridized carbons (Fsp3) is 0.385. The van der Waals surface area contributed by atoms with E-state index < -0.39 is 64.8 Å². The predicted molar refractivity (Wildman–Crippen MR) is 143 cm³/mol. The van der Waals surface area contributed by atoms with Gasteiger partial charge in [-0.1, -0.05) is 12.1 Å². The molecule has 1 aromatic carbocycles. The molecule has 2 unspecified atom stereocenters. The fourth-order valence-corrected chi connectivity index (χ4v) is 4.98. The van der Waals surface area contributed by atoms with E-state index in [4.69, 9.17) is 28.3 Å². The number of hydrogen-bond donors (Lipinski definition) is 1. The van der Waals surface area contributed by atoms with Crippen molar-refractivity contribution < 1.29 is 40.7 Å². The first-order valence-corrected chi connectivity index (χ1v) is 12.7. The van der Waals surface area contributed by atoms with E-state index in [0.29, 0.717) is 11.1 Å². The molecule has 1 saturated heterocycles. The van der Waals surface area contributed by atoms with Gasteiger partial charge in [0.25, 0.3) is 5.91 Å².